The molecule has 1 aliphatic carbocycles. The van der Waals surface area contributed by atoms with E-state index in [0.29, 0.717) is 11.6 Å². The maximum Gasteiger partial charge on any atom is 0.335 e. The normalized spacial score (nSPS) is 14.7. The highest BCUT2D eigenvalue weighted by molar-refractivity contribution is 7.13. The molecule has 3 rings (SSSR count). The Morgan fingerprint density at radius 3 is 2.59 bits per heavy atom. The van der Waals surface area contributed by atoms with E-state index >= 15 is 0 Å². The molecule has 4 nitrogen and oxygen atoms in total. The highest BCUT2D eigenvalue weighted by Gasteiger charge is 2.31. The van der Waals surface area contributed by atoms with E-state index in [1.54, 1.807) is 23.5 Å². The van der Waals surface area contributed by atoms with E-state index in [2.05, 4.69) is 24.1 Å². The summed E-state index contributed by atoms with van der Waals surface area (Å²) in [6.07, 6.45) is 2.59. The van der Waals surface area contributed by atoms with Crippen molar-refractivity contribution in [3.63, 3.8) is 0 Å². The molecule has 1 aromatic carbocycles. The molecule has 1 aliphatic rings. The fourth-order valence-electron chi connectivity index (χ4n) is 2.59. The van der Waals surface area contributed by atoms with Crippen LogP contribution in [0.2, 0.25) is 0 Å². The predicted molar refractivity (Wildman–Crippen MR) is 88.2 cm³/mol. The van der Waals surface area contributed by atoms with Crippen molar-refractivity contribution in [3.05, 3.63) is 40.9 Å². The van der Waals surface area contributed by atoms with Gasteiger partial charge in [-0.25, -0.2) is 9.78 Å². The van der Waals surface area contributed by atoms with Crippen LogP contribution in [0, 0.1) is 0 Å². The van der Waals surface area contributed by atoms with Crippen LogP contribution in [-0.2, 0) is 6.54 Å². The lowest BCUT2D eigenvalue weighted by Gasteiger charge is -2.25. The van der Waals surface area contributed by atoms with Crippen LogP contribution < -0.4 is 0 Å². The van der Waals surface area contributed by atoms with Crippen LogP contribution in [0.1, 0.15) is 42.7 Å². The third kappa shape index (κ3) is 3.36. The Kier molecular flexibility index (Phi) is 4.27. The average Bonchev–Trinajstić information content (AvgIpc) is 3.22. The molecule has 116 valence electrons. The van der Waals surface area contributed by atoms with Gasteiger partial charge in [-0.15, -0.1) is 11.3 Å². The zero-order valence-corrected chi connectivity index (χ0v) is 13.6. The first-order valence-corrected chi connectivity index (χ1v) is 8.46. The minimum atomic E-state index is -0.900. The third-order valence-corrected chi connectivity index (χ3v) is 4.89. The van der Waals surface area contributed by atoms with Crippen LogP contribution in [0.4, 0.5) is 0 Å². The monoisotopic (exact) mass is 316 g/mol. The van der Waals surface area contributed by atoms with Crippen LogP contribution in [0.15, 0.2) is 29.6 Å². The summed E-state index contributed by atoms with van der Waals surface area (Å²) in [5, 5.41) is 12.0. The number of carbonyl (C=O) groups is 1. The number of aromatic nitrogens is 1. The van der Waals surface area contributed by atoms with E-state index in [9.17, 15) is 4.79 Å². The minimum absolute atomic E-state index is 0.306. The van der Waals surface area contributed by atoms with Gasteiger partial charge in [-0.1, -0.05) is 12.1 Å². The Labute approximate surface area is 134 Å². The van der Waals surface area contributed by atoms with Gasteiger partial charge in [-0.3, -0.25) is 4.90 Å². The zero-order chi connectivity index (χ0) is 15.7. The lowest BCUT2D eigenvalue weighted by molar-refractivity contribution is 0.0697. The number of carboxylic acids is 1. The maximum absolute atomic E-state index is 10.9. The van der Waals surface area contributed by atoms with E-state index in [4.69, 9.17) is 10.1 Å². The molecule has 2 aromatic rings. The number of nitrogens with zero attached hydrogens (tertiary/aromatic N) is 2. The van der Waals surface area contributed by atoms with Crippen LogP contribution in [-0.4, -0.2) is 33.0 Å². The number of hydrogen-bond donors (Lipinski definition) is 1. The number of aromatic carboxylic acids is 1. The lowest BCUT2D eigenvalue weighted by Crippen LogP contribution is -2.32. The predicted octanol–water partition coefficient (Wildman–Crippen LogP) is 3.88. The second-order valence-electron chi connectivity index (χ2n) is 6.02. The molecule has 1 saturated carbocycles. The largest absolute Gasteiger partial charge is 0.478 e. The number of hydrogen-bond acceptors (Lipinski definition) is 4. The van der Waals surface area contributed by atoms with Crippen molar-refractivity contribution in [1.82, 2.24) is 9.88 Å². The molecule has 0 radical (unpaired) electrons. The second-order valence-corrected chi connectivity index (χ2v) is 6.88. The van der Waals surface area contributed by atoms with Gasteiger partial charge in [0.25, 0.3) is 0 Å². The van der Waals surface area contributed by atoms with Crippen molar-refractivity contribution in [3.8, 4) is 10.6 Å². The summed E-state index contributed by atoms with van der Waals surface area (Å²) in [4.78, 5) is 18.1. The van der Waals surface area contributed by atoms with Gasteiger partial charge in [0, 0.05) is 29.6 Å². The number of thiazole rings is 1. The minimum Gasteiger partial charge on any atom is -0.478 e. The van der Waals surface area contributed by atoms with Crippen molar-refractivity contribution in [1.29, 1.82) is 0 Å². The number of benzene rings is 1. The summed E-state index contributed by atoms with van der Waals surface area (Å²) in [7, 11) is 0. The van der Waals surface area contributed by atoms with E-state index in [0.717, 1.165) is 28.9 Å². The topological polar surface area (TPSA) is 53.4 Å². The van der Waals surface area contributed by atoms with Crippen molar-refractivity contribution < 1.29 is 9.90 Å². The van der Waals surface area contributed by atoms with E-state index in [1.165, 1.54) is 12.8 Å². The van der Waals surface area contributed by atoms with Crippen LogP contribution in [0.5, 0.6) is 0 Å². The van der Waals surface area contributed by atoms with E-state index in [1.807, 2.05) is 12.1 Å². The van der Waals surface area contributed by atoms with Gasteiger partial charge in [0.05, 0.1) is 11.3 Å². The molecule has 0 bridgehead atoms. The van der Waals surface area contributed by atoms with Gasteiger partial charge in [-0.2, -0.15) is 0 Å². The molecule has 0 spiro atoms. The molecular formula is C17H20N2O2S. The van der Waals surface area contributed by atoms with Crippen molar-refractivity contribution in [2.75, 3.05) is 0 Å². The third-order valence-electron chi connectivity index (χ3n) is 3.95. The zero-order valence-electron chi connectivity index (χ0n) is 12.8. The van der Waals surface area contributed by atoms with Crippen molar-refractivity contribution in [2.24, 2.45) is 0 Å². The lowest BCUT2D eigenvalue weighted by atomic mass is 10.1. The van der Waals surface area contributed by atoms with Gasteiger partial charge in [0.1, 0.15) is 5.01 Å². The Bertz CT molecular complexity index is 658. The second kappa shape index (κ2) is 6.18. The van der Waals surface area contributed by atoms with Gasteiger partial charge in [-0.05, 0) is 38.8 Å². The van der Waals surface area contributed by atoms with Gasteiger partial charge >= 0.3 is 5.97 Å². The Morgan fingerprint density at radius 2 is 2.05 bits per heavy atom. The summed E-state index contributed by atoms with van der Waals surface area (Å²) in [5.74, 6) is -0.900. The van der Waals surface area contributed by atoms with Gasteiger partial charge in [0.2, 0.25) is 0 Å². The molecule has 1 heterocycles. The van der Waals surface area contributed by atoms with Crippen LogP contribution in [0.25, 0.3) is 10.6 Å². The fourth-order valence-corrected chi connectivity index (χ4v) is 3.41. The molecule has 1 fully saturated rings. The molecule has 5 heteroatoms. The SMILES string of the molecule is CC(C)N(Cc1csc(-c2ccc(C(=O)O)cc2)n1)C1CC1. The molecular weight excluding hydrogens is 296 g/mol. The Hall–Kier alpha value is -1.72. The molecule has 1 aromatic heterocycles. The first-order valence-electron chi connectivity index (χ1n) is 7.58. The average molecular weight is 316 g/mol. The van der Waals surface area contributed by atoms with E-state index in [-0.39, 0.29) is 0 Å². The van der Waals surface area contributed by atoms with Crippen molar-refractivity contribution in [2.45, 2.75) is 45.3 Å². The first-order chi connectivity index (χ1) is 10.5. The molecule has 0 amide bonds. The van der Waals surface area contributed by atoms with Gasteiger partial charge in [0.15, 0.2) is 0 Å². The molecule has 0 aliphatic heterocycles. The molecule has 0 atom stereocenters. The Morgan fingerprint density at radius 1 is 1.36 bits per heavy atom. The maximum atomic E-state index is 10.9. The quantitative estimate of drug-likeness (QED) is 0.878. The first kappa shape index (κ1) is 15.2. The molecule has 1 N–H and O–H groups in total. The van der Waals surface area contributed by atoms with Crippen molar-refractivity contribution >= 4 is 17.3 Å². The number of rotatable bonds is 6. The standard InChI is InChI=1S/C17H20N2O2S/c1-11(2)19(15-7-8-15)9-14-10-22-16(18-14)12-3-5-13(6-4-12)17(20)21/h3-6,10-11,15H,7-9H2,1-2H3,(H,20,21). The van der Waals surface area contributed by atoms with Crippen LogP contribution >= 0.6 is 11.3 Å². The summed E-state index contributed by atoms with van der Waals surface area (Å²) in [5.41, 5.74) is 2.38. The van der Waals surface area contributed by atoms with Crippen LogP contribution in [0.3, 0.4) is 0 Å². The molecule has 22 heavy (non-hydrogen) atoms. The van der Waals surface area contributed by atoms with E-state index < -0.39 is 5.97 Å². The Balaban J connectivity index is 1.74. The van der Waals surface area contributed by atoms with Gasteiger partial charge < -0.3 is 5.11 Å². The molecule has 0 saturated heterocycles. The highest BCUT2D eigenvalue weighted by atomic mass is 32.1. The summed E-state index contributed by atoms with van der Waals surface area (Å²) in [6.45, 7) is 5.36. The summed E-state index contributed by atoms with van der Waals surface area (Å²) >= 11 is 1.62. The smallest absolute Gasteiger partial charge is 0.335 e. The fraction of sp³-hybridized carbons (Fsp3) is 0.412. The summed E-state index contributed by atoms with van der Waals surface area (Å²) in [6, 6.07) is 8.17. The number of carboxylic acid groups (broad SMARTS) is 1. The molecule has 0 unspecified atom stereocenters. The highest BCUT2D eigenvalue weighted by Crippen LogP contribution is 2.31. The summed E-state index contributed by atoms with van der Waals surface area (Å²) < 4.78 is 0.